The Morgan fingerprint density at radius 1 is 0.640 bits per heavy atom. The van der Waals surface area contributed by atoms with Crippen LogP contribution in [0.1, 0.15) is 79.0 Å². The van der Waals surface area contributed by atoms with E-state index in [0.717, 1.165) is 0 Å². The van der Waals surface area contributed by atoms with Crippen LogP contribution in [-0.4, -0.2) is 23.1 Å². The van der Waals surface area contributed by atoms with E-state index in [-0.39, 0.29) is 0 Å². The summed E-state index contributed by atoms with van der Waals surface area (Å²) in [5.74, 6) is 0. The van der Waals surface area contributed by atoms with Gasteiger partial charge < -0.3 is 0 Å². The van der Waals surface area contributed by atoms with E-state index in [1.54, 1.807) is 4.40 Å². The standard InChI is InChI=1S/C12H27Si.C11H13Ge/c1-10(2,3)13(11(4,5)6)12(7,8)9;1-8-6-9(2)11(10(3)7-8)12-4-5-12/h1-9H3;4-7H,1-3H3. The summed E-state index contributed by atoms with van der Waals surface area (Å²) >= 11 is -0.883. The van der Waals surface area contributed by atoms with Gasteiger partial charge >= 0.3 is 78.2 Å². The normalized spacial score (nSPS) is 15.2. The molecule has 0 spiro atoms. The van der Waals surface area contributed by atoms with Gasteiger partial charge in [0.1, 0.15) is 0 Å². The first-order chi connectivity index (χ1) is 11.0. The second-order valence-electron chi connectivity index (χ2n) is 10.7. The number of benzene rings is 1. The fourth-order valence-corrected chi connectivity index (χ4v) is 16.0. The van der Waals surface area contributed by atoms with Crippen molar-refractivity contribution in [2.45, 2.75) is 98.2 Å². The summed E-state index contributed by atoms with van der Waals surface area (Å²) in [5, 5.41) is 1.46. The van der Waals surface area contributed by atoms with Gasteiger partial charge in [-0.15, -0.1) is 0 Å². The first kappa shape index (κ1) is 22.8. The van der Waals surface area contributed by atoms with Crippen LogP contribution in [0, 0.1) is 20.8 Å². The molecule has 0 aliphatic carbocycles. The predicted octanol–water partition coefficient (Wildman–Crippen LogP) is 6.84. The molecule has 1 heterocycles. The minimum atomic E-state index is -0.883. The molecule has 2 radical (unpaired) electrons. The molecule has 0 atom stereocenters. The van der Waals surface area contributed by atoms with Crippen molar-refractivity contribution < 1.29 is 0 Å². The van der Waals surface area contributed by atoms with E-state index in [9.17, 15) is 0 Å². The van der Waals surface area contributed by atoms with Gasteiger partial charge in [-0.05, 0) is 15.1 Å². The van der Waals surface area contributed by atoms with Crippen molar-refractivity contribution in [3.05, 3.63) is 38.6 Å². The third kappa shape index (κ3) is 6.75. The molecule has 1 aliphatic rings. The van der Waals surface area contributed by atoms with Crippen LogP contribution in [0.5, 0.6) is 0 Å². The van der Waals surface area contributed by atoms with Crippen molar-refractivity contribution in [3.8, 4) is 0 Å². The Morgan fingerprint density at radius 2 is 0.960 bits per heavy atom. The number of rotatable bonds is 1. The van der Waals surface area contributed by atoms with Gasteiger partial charge in [-0.2, -0.15) is 0 Å². The molecule has 0 saturated carbocycles. The van der Waals surface area contributed by atoms with Crippen LogP contribution in [0.2, 0.25) is 15.1 Å². The summed E-state index contributed by atoms with van der Waals surface area (Å²) < 4.78 is 1.68. The minimum absolute atomic E-state index is 0.391. The van der Waals surface area contributed by atoms with E-state index in [0.29, 0.717) is 15.1 Å². The molecular formula is C23H40GeSi. The molecule has 2 heteroatoms. The van der Waals surface area contributed by atoms with Crippen molar-refractivity contribution in [1.82, 2.24) is 0 Å². The maximum atomic E-state index is 2.42. The first-order valence-electron chi connectivity index (χ1n) is 9.57. The summed E-state index contributed by atoms with van der Waals surface area (Å²) in [4.78, 5) is 4.84. The van der Waals surface area contributed by atoms with Crippen LogP contribution in [0.3, 0.4) is 0 Å². The van der Waals surface area contributed by atoms with E-state index in [1.165, 1.54) is 16.7 Å². The molecule has 0 amide bonds. The molecule has 25 heavy (non-hydrogen) atoms. The predicted molar refractivity (Wildman–Crippen MR) is 120 cm³/mol. The molecule has 0 fully saturated rings. The molecule has 1 aromatic rings. The van der Waals surface area contributed by atoms with E-state index in [2.05, 4.69) is 105 Å². The number of hydrogen-bond donors (Lipinski definition) is 0. The van der Waals surface area contributed by atoms with E-state index in [4.69, 9.17) is 0 Å². The third-order valence-electron chi connectivity index (χ3n) is 4.55. The second-order valence-corrected chi connectivity index (χ2v) is 20.3. The molecule has 0 nitrogen and oxygen atoms in total. The zero-order valence-electron chi connectivity index (χ0n) is 18.8. The summed E-state index contributed by atoms with van der Waals surface area (Å²) in [5.41, 5.74) is 4.41. The summed E-state index contributed by atoms with van der Waals surface area (Å²) in [6, 6.07) is 4.62. The Balaban J connectivity index is 0.000000250. The zero-order chi connectivity index (χ0) is 19.8. The Hall–Kier alpha value is -0.280. The molecule has 0 aromatic heterocycles. The average molecular weight is 417 g/mol. The van der Waals surface area contributed by atoms with Crippen molar-refractivity contribution in [3.63, 3.8) is 0 Å². The van der Waals surface area contributed by atoms with Crippen LogP contribution in [0.4, 0.5) is 0 Å². The van der Waals surface area contributed by atoms with Gasteiger partial charge in [0.2, 0.25) is 0 Å². The quantitative estimate of drug-likeness (QED) is 0.439. The van der Waals surface area contributed by atoms with E-state index < -0.39 is 23.1 Å². The van der Waals surface area contributed by atoms with Crippen molar-refractivity contribution in [2.75, 3.05) is 0 Å². The van der Waals surface area contributed by atoms with Gasteiger partial charge in [0.05, 0.1) is 8.80 Å². The number of hydrogen-bond acceptors (Lipinski definition) is 0. The van der Waals surface area contributed by atoms with Gasteiger partial charge in [-0.3, -0.25) is 0 Å². The van der Waals surface area contributed by atoms with Gasteiger partial charge in [0, 0.05) is 0 Å². The molecule has 2 rings (SSSR count). The molecular weight excluding hydrogens is 377 g/mol. The zero-order valence-corrected chi connectivity index (χ0v) is 21.9. The monoisotopic (exact) mass is 418 g/mol. The Bertz CT molecular complexity index is 559. The molecule has 0 unspecified atom stereocenters. The van der Waals surface area contributed by atoms with Gasteiger partial charge in [0.15, 0.2) is 0 Å². The summed E-state index contributed by atoms with van der Waals surface area (Å²) in [6.45, 7) is 28.3. The second kappa shape index (κ2) is 7.76. The summed E-state index contributed by atoms with van der Waals surface area (Å²) in [6.07, 6.45) is 0. The maximum absolute atomic E-state index is 2.42. The molecule has 0 N–H and O–H groups in total. The topological polar surface area (TPSA) is 0 Å². The van der Waals surface area contributed by atoms with Crippen LogP contribution in [-0.2, 0) is 0 Å². The van der Waals surface area contributed by atoms with Crippen LogP contribution in [0.25, 0.3) is 0 Å². The SMILES string of the molecule is CC(C)(C)[Si](C(C)(C)C)C(C)(C)C.Cc1cc(C)[c]([Ge]2[CH]=[CH]2)c(C)c1. The average Bonchev–Trinajstić information content (AvgIpc) is 3.05. The third-order valence-corrected chi connectivity index (χ3v) is 13.3. The van der Waals surface area contributed by atoms with Gasteiger partial charge in [-0.1, -0.05) is 62.3 Å². The molecule has 0 bridgehead atoms. The van der Waals surface area contributed by atoms with Crippen LogP contribution in [0.15, 0.2) is 21.9 Å². The molecule has 140 valence electrons. The van der Waals surface area contributed by atoms with E-state index >= 15 is 0 Å². The van der Waals surface area contributed by atoms with Crippen LogP contribution >= 0.6 is 0 Å². The van der Waals surface area contributed by atoms with Crippen molar-refractivity contribution >= 4 is 27.5 Å². The molecule has 1 aliphatic heterocycles. The first-order valence-corrected chi connectivity index (χ1v) is 14.5. The van der Waals surface area contributed by atoms with Gasteiger partial charge in [-0.25, -0.2) is 0 Å². The molecule has 1 aromatic carbocycles. The summed E-state index contributed by atoms with van der Waals surface area (Å²) in [7, 11) is -0.391. The fourth-order valence-electron chi connectivity index (χ4n) is 5.22. The van der Waals surface area contributed by atoms with E-state index in [1.807, 2.05) is 0 Å². The van der Waals surface area contributed by atoms with Gasteiger partial charge in [0.25, 0.3) is 0 Å². The molecule has 0 saturated heterocycles. The Kier molecular flexibility index (Phi) is 7.07. The van der Waals surface area contributed by atoms with Crippen molar-refractivity contribution in [1.29, 1.82) is 0 Å². The Morgan fingerprint density at radius 3 is 1.16 bits per heavy atom. The Labute approximate surface area is 164 Å². The van der Waals surface area contributed by atoms with Crippen LogP contribution < -0.4 is 4.40 Å². The number of aryl methyl sites for hydroxylation is 3. The van der Waals surface area contributed by atoms with Crippen molar-refractivity contribution in [2.24, 2.45) is 0 Å². The fraction of sp³-hybridized carbons (Fsp3) is 0.652.